The average molecular weight is 471 g/mol. The van der Waals surface area contributed by atoms with Crippen LogP contribution in [0.2, 0.25) is 10.0 Å². The number of nitrogens with zero attached hydrogens (tertiary/aromatic N) is 1. The lowest BCUT2D eigenvalue weighted by molar-refractivity contribution is -0.123. The number of carbonyl (C=O) groups excluding carboxylic acids is 1. The third-order valence-corrected chi connectivity index (χ3v) is 7.43. The molecule has 0 atom stereocenters. The molecule has 1 fully saturated rings. The molecule has 0 aromatic heterocycles. The van der Waals surface area contributed by atoms with Crippen LogP contribution >= 0.6 is 23.2 Å². The van der Waals surface area contributed by atoms with Gasteiger partial charge in [-0.15, -0.1) is 0 Å². The molecule has 162 valence electrons. The van der Waals surface area contributed by atoms with E-state index in [1.165, 1.54) is 10.4 Å². The Bertz CT molecular complexity index is 1020. The molecule has 0 bridgehead atoms. The summed E-state index contributed by atoms with van der Waals surface area (Å²) >= 11 is 12.0. The number of aryl methyl sites for hydroxylation is 1. The molecule has 9 heteroatoms. The predicted octanol–water partition coefficient (Wildman–Crippen LogP) is 4.17. The van der Waals surface area contributed by atoms with Crippen molar-refractivity contribution in [2.24, 2.45) is 0 Å². The maximum Gasteiger partial charge on any atom is 0.258 e. The molecule has 1 saturated heterocycles. The zero-order valence-corrected chi connectivity index (χ0v) is 19.0. The summed E-state index contributed by atoms with van der Waals surface area (Å²) in [5.74, 6) is 0.151. The highest BCUT2D eigenvalue weighted by molar-refractivity contribution is 7.89. The van der Waals surface area contributed by atoms with E-state index in [-0.39, 0.29) is 24.0 Å². The van der Waals surface area contributed by atoms with E-state index in [0.29, 0.717) is 34.4 Å². The van der Waals surface area contributed by atoms with E-state index in [1.54, 1.807) is 37.3 Å². The molecule has 3 rings (SSSR count). The average Bonchev–Trinajstić information content (AvgIpc) is 2.72. The Morgan fingerprint density at radius 1 is 1.10 bits per heavy atom. The molecule has 30 heavy (non-hydrogen) atoms. The van der Waals surface area contributed by atoms with Gasteiger partial charge < -0.3 is 10.1 Å². The van der Waals surface area contributed by atoms with Crippen molar-refractivity contribution in [3.63, 3.8) is 0 Å². The first kappa shape index (κ1) is 22.9. The summed E-state index contributed by atoms with van der Waals surface area (Å²) in [5, 5.41) is 3.74. The van der Waals surface area contributed by atoms with Crippen LogP contribution in [0.5, 0.6) is 5.75 Å². The molecule has 1 N–H and O–H groups in total. The van der Waals surface area contributed by atoms with Crippen molar-refractivity contribution in [3.8, 4) is 5.75 Å². The van der Waals surface area contributed by atoms with Crippen LogP contribution in [0.15, 0.2) is 41.3 Å². The van der Waals surface area contributed by atoms with Crippen LogP contribution in [0.4, 0.5) is 0 Å². The van der Waals surface area contributed by atoms with Crippen LogP contribution in [-0.4, -0.2) is 38.3 Å². The van der Waals surface area contributed by atoms with Crippen molar-refractivity contribution in [2.45, 2.75) is 37.6 Å². The lowest BCUT2D eigenvalue weighted by Gasteiger charge is -2.26. The number of rotatable bonds is 7. The van der Waals surface area contributed by atoms with E-state index in [0.717, 1.165) is 24.8 Å². The van der Waals surface area contributed by atoms with E-state index >= 15 is 0 Å². The van der Waals surface area contributed by atoms with E-state index in [2.05, 4.69) is 5.32 Å². The van der Waals surface area contributed by atoms with Crippen molar-refractivity contribution < 1.29 is 17.9 Å². The Morgan fingerprint density at radius 3 is 2.50 bits per heavy atom. The second kappa shape index (κ2) is 10.0. The molecule has 1 aliphatic heterocycles. The summed E-state index contributed by atoms with van der Waals surface area (Å²) in [7, 11) is -3.50. The fourth-order valence-corrected chi connectivity index (χ4v) is 5.33. The maximum atomic E-state index is 12.8. The van der Waals surface area contributed by atoms with E-state index in [4.69, 9.17) is 27.9 Å². The minimum absolute atomic E-state index is 0.190. The third-order valence-electron chi connectivity index (χ3n) is 4.95. The molecule has 6 nitrogen and oxygen atoms in total. The van der Waals surface area contributed by atoms with Crippen LogP contribution in [0, 0.1) is 6.92 Å². The molecule has 1 aliphatic rings. The Labute approximate surface area is 187 Å². The first-order valence-electron chi connectivity index (χ1n) is 9.71. The van der Waals surface area contributed by atoms with Crippen molar-refractivity contribution >= 4 is 39.1 Å². The van der Waals surface area contributed by atoms with Crippen LogP contribution in [-0.2, 0) is 21.4 Å². The summed E-state index contributed by atoms with van der Waals surface area (Å²) in [6.07, 6.45) is 2.83. The lowest BCUT2D eigenvalue weighted by Crippen LogP contribution is -2.35. The van der Waals surface area contributed by atoms with E-state index in [9.17, 15) is 13.2 Å². The van der Waals surface area contributed by atoms with E-state index < -0.39 is 10.0 Å². The number of ether oxygens (including phenoxy) is 1. The molecular weight excluding hydrogens is 447 g/mol. The van der Waals surface area contributed by atoms with Gasteiger partial charge in [0, 0.05) is 29.7 Å². The molecule has 2 aromatic rings. The second-order valence-corrected chi connectivity index (χ2v) is 9.97. The van der Waals surface area contributed by atoms with Gasteiger partial charge in [0.05, 0.1) is 4.90 Å². The van der Waals surface area contributed by atoms with Gasteiger partial charge in [-0.05, 0) is 61.2 Å². The highest BCUT2D eigenvalue weighted by Crippen LogP contribution is 2.26. The lowest BCUT2D eigenvalue weighted by atomic mass is 10.2. The molecule has 0 radical (unpaired) electrons. The monoisotopic (exact) mass is 470 g/mol. The van der Waals surface area contributed by atoms with Gasteiger partial charge in [0.1, 0.15) is 5.75 Å². The normalized spacial score (nSPS) is 15.0. The number of amides is 1. The minimum Gasteiger partial charge on any atom is -0.484 e. The van der Waals surface area contributed by atoms with Crippen LogP contribution in [0.3, 0.4) is 0 Å². The summed E-state index contributed by atoms with van der Waals surface area (Å²) < 4.78 is 32.7. The zero-order chi connectivity index (χ0) is 21.7. The van der Waals surface area contributed by atoms with Crippen molar-refractivity contribution in [1.82, 2.24) is 9.62 Å². The van der Waals surface area contributed by atoms with Crippen molar-refractivity contribution in [2.75, 3.05) is 19.7 Å². The fraction of sp³-hybridized carbons (Fsp3) is 0.381. The third kappa shape index (κ3) is 5.66. The summed E-state index contributed by atoms with van der Waals surface area (Å²) in [4.78, 5) is 12.4. The standard InChI is InChI=1S/C21H24Cl2N2O4S/c1-15-11-18(30(27,28)25-9-3-2-4-10-25)7-8-20(15)29-14-21(26)24-13-16-5-6-17(22)12-19(16)23/h5-8,11-12H,2-4,9-10,13-14H2,1H3,(H,24,26). The maximum absolute atomic E-state index is 12.8. The highest BCUT2D eigenvalue weighted by Gasteiger charge is 2.26. The molecule has 1 heterocycles. The predicted molar refractivity (Wildman–Crippen MR) is 118 cm³/mol. The number of halogens is 2. The van der Waals surface area contributed by atoms with Crippen molar-refractivity contribution in [1.29, 1.82) is 0 Å². The molecule has 0 aliphatic carbocycles. The van der Waals surface area contributed by atoms with Gasteiger partial charge in [0.15, 0.2) is 6.61 Å². The number of benzene rings is 2. The summed E-state index contributed by atoms with van der Waals surface area (Å²) in [5.41, 5.74) is 1.40. The second-order valence-electron chi connectivity index (χ2n) is 7.19. The number of nitrogens with one attached hydrogen (secondary N) is 1. The molecule has 1 amide bonds. The molecule has 0 unspecified atom stereocenters. The van der Waals surface area contributed by atoms with Gasteiger partial charge in [-0.2, -0.15) is 4.31 Å². The SMILES string of the molecule is Cc1cc(S(=O)(=O)N2CCCCC2)ccc1OCC(=O)NCc1ccc(Cl)cc1Cl. The Morgan fingerprint density at radius 2 is 1.83 bits per heavy atom. The Balaban J connectivity index is 1.57. The molecule has 0 saturated carbocycles. The Kier molecular flexibility index (Phi) is 7.63. The topological polar surface area (TPSA) is 75.7 Å². The Hall–Kier alpha value is -1.80. The van der Waals surface area contributed by atoms with E-state index in [1.807, 2.05) is 0 Å². The van der Waals surface area contributed by atoms with Gasteiger partial charge in [-0.25, -0.2) is 8.42 Å². The fourth-order valence-electron chi connectivity index (χ4n) is 3.25. The number of carbonyl (C=O) groups is 1. The van der Waals surface area contributed by atoms with Gasteiger partial charge in [0.2, 0.25) is 10.0 Å². The van der Waals surface area contributed by atoms with Crippen LogP contribution < -0.4 is 10.1 Å². The van der Waals surface area contributed by atoms with Gasteiger partial charge in [0.25, 0.3) is 5.91 Å². The molecule has 2 aromatic carbocycles. The minimum atomic E-state index is -3.50. The zero-order valence-electron chi connectivity index (χ0n) is 16.7. The molecular formula is C21H24Cl2N2O4S. The smallest absolute Gasteiger partial charge is 0.258 e. The van der Waals surface area contributed by atoms with Crippen LogP contribution in [0.1, 0.15) is 30.4 Å². The number of piperidine rings is 1. The van der Waals surface area contributed by atoms with Gasteiger partial charge in [-0.1, -0.05) is 35.7 Å². The summed E-state index contributed by atoms with van der Waals surface area (Å²) in [6.45, 7) is 2.93. The molecule has 0 spiro atoms. The van der Waals surface area contributed by atoms with Crippen molar-refractivity contribution in [3.05, 3.63) is 57.6 Å². The first-order chi connectivity index (χ1) is 14.3. The first-order valence-corrected chi connectivity index (χ1v) is 11.9. The largest absolute Gasteiger partial charge is 0.484 e. The number of hydrogen-bond donors (Lipinski definition) is 1. The highest BCUT2D eigenvalue weighted by atomic mass is 35.5. The van der Waals surface area contributed by atoms with Crippen LogP contribution in [0.25, 0.3) is 0 Å². The number of hydrogen-bond acceptors (Lipinski definition) is 4. The quantitative estimate of drug-likeness (QED) is 0.658. The van der Waals surface area contributed by atoms with Gasteiger partial charge in [-0.3, -0.25) is 4.79 Å². The van der Waals surface area contributed by atoms with Gasteiger partial charge >= 0.3 is 0 Å². The summed E-state index contributed by atoms with van der Waals surface area (Å²) in [6, 6.07) is 9.77. The number of sulfonamides is 1.